The Hall–Kier alpha value is -0.900. The van der Waals surface area contributed by atoms with E-state index in [9.17, 15) is 10.2 Å². The Balaban J connectivity index is 1.75. The number of aliphatic hydroxyl groups excluding tert-OH is 2. The van der Waals surface area contributed by atoms with Gasteiger partial charge in [0.05, 0.1) is 12.2 Å². The first kappa shape index (κ1) is 14.5. The first-order valence-electron chi connectivity index (χ1n) is 7.40. The molecule has 19 heavy (non-hydrogen) atoms. The van der Waals surface area contributed by atoms with Crippen LogP contribution in [0.2, 0.25) is 0 Å². The highest BCUT2D eigenvalue weighted by Crippen LogP contribution is 2.18. The molecule has 1 fully saturated rings. The number of benzene rings is 1. The average molecular weight is 263 g/mol. The predicted octanol–water partition coefficient (Wildman–Crippen LogP) is 2.39. The van der Waals surface area contributed by atoms with Crippen LogP contribution in [0.4, 0.5) is 0 Å². The Morgan fingerprint density at radius 1 is 1.05 bits per heavy atom. The molecule has 0 radical (unpaired) electrons. The van der Waals surface area contributed by atoms with Gasteiger partial charge in [0, 0.05) is 12.6 Å². The minimum Gasteiger partial charge on any atom is -0.393 e. The van der Waals surface area contributed by atoms with Crippen LogP contribution >= 0.6 is 0 Å². The number of aliphatic hydroxyl groups is 2. The molecule has 0 spiro atoms. The van der Waals surface area contributed by atoms with E-state index < -0.39 is 6.10 Å². The van der Waals surface area contributed by atoms with E-state index in [4.69, 9.17) is 0 Å². The van der Waals surface area contributed by atoms with Gasteiger partial charge < -0.3 is 15.5 Å². The normalized spacial score (nSPS) is 26.4. The molecule has 3 nitrogen and oxygen atoms in total. The van der Waals surface area contributed by atoms with E-state index in [0.717, 1.165) is 44.1 Å². The van der Waals surface area contributed by atoms with Gasteiger partial charge >= 0.3 is 0 Å². The topological polar surface area (TPSA) is 52.5 Å². The number of nitrogens with one attached hydrogen (secondary N) is 1. The molecule has 1 aromatic rings. The molecule has 1 saturated carbocycles. The fourth-order valence-electron chi connectivity index (χ4n) is 2.76. The molecule has 106 valence electrons. The molecule has 0 aliphatic heterocycles. The third-order valence-electron chi connectivity index (χ3n) is 3.96. The Labute approximate surface area is 115 Å². The zero-order chi connectivity index (χ0) is 13.5. The quantitative estimate of drug-likeness (QED) is 0.782. The third-order valence-corrected chi connectivity index (χ3v) is 3.96. The van der Waals surface area contributed by atoms with Gasteiger partial charge in [-0.05, 0) is 44.1 Å². The van der Waals surface area contributed by atoms with E-state index >= 15 is 0 Å². The first-order chi connectivity index (χ1) is 9.25. The van der Waals surface area contributed by atoms with Crippen LogP contribution in [0.25, 0.3) is 0 Å². The number of rotatable bonds is 4. The summed E-state index contributed by atoms with van der Waals surface area (Å²) in [4.78, 5) is 0. The lowest BCUT2D eigenvalue weighted by Gasteiger charge is -2.24. The van der Waals surface area contributed by atoms with Gasteiger partial charge in [0.2, 0.25) is 0 Å². The van der Waals surface area contributed by atoms with Gasteiger partial charge in [-0.1, -0.05) is 30.3 Å². The van der Waals surface area contributed by atoms with Crippen molar-refractivity contribution in [2.45, 2.75) is 56.8 Å². The lowest BCUT2D eigenvalue weighted by atomic mass is 9.95. The van der Waals surface area contributed by atoms with E-state index in [1.165, 1.54) is 0 Å². The summed E-state index contributed by atoms with van der Waals surface area (Å²) in [5, 5.41) is 23.2. The summed E-state index contributed by atoms with van der Waals surface area (Å²) in [5.74, 6) is 0. The minimum atomic E-state index is -0.433. The largest absolute Gasteiger partial charge is 0.393 e. The zero-order valence-electron chi connectivity index (χ0n) is 11.5. The molecule has 0 amide bonds. The van der Waals surface area contributed by atoms with Crippen LogP contribution < -0.4 is 5.32 Å². The summed E-state index contributed by atoms with van der Waals surface area (Å²) in [6, 6.07) is 10.3. The van der Waals surface area contributed by atoms with E-state index in [-0.39, 0.29) is 6.10 Å². The molecule has 1 aliphatic rings. The summed E-state index contributed by atoms with van der Waals surface area (Å²) in [7, 11) is 0. The monoisotopic (exact) mass is 263 g/mol. The molecular formula is C16H25NO2. The van der Waals surface area contributed by atoms with E-state index in [1.807, 2.05) is 30.3 Å². The fraction of sp³-hybridized carbons (Fsp3) is 0.625. The maximum Gasteiger partial charge on any atom is 0.0914 e. The van der Waals surface area contributed by atoms with E-state index in [0.29, 0.717) is 12.6 Å². The molecule has 3 heteroatoms. The summed E-state index contributed by atoms with van der Waals surface area (Å²) < 4.78 is 0. The molecular weight excluding hydrogens is 238 g/mol. The second kappa shape index (κ2) is 7.63. The fourth-order valence-corrected chi connectivity index (χ4v) is 2.76. The lowest BCUT2D eigenvalue weighted by Crippen LogP contribution is -2.34. The number of hydrogen-bond donors (Lipinski definition) is 3. The van der Waals surface area contributed by atoms with E-state index in [1.54, 1.807) is 0 Å². The molecule has 1 aliphatic carbocycles. The van der Waals surface area contributed by atoms with Gasteiger partial charge in [-0.2, -0.15) is 0 Å². The molecule has 0 heterocycles. The maximum absolute atomic E-state index is 10.1. The van der Waals surface area contributed by atoms with Crippen molar-refractivity contribution >= 4 is 0 Å². The molecule has 2 rings (SSSR count). The van der Waals surface area contributed by atoms with Crippen molar-refractivity contribution in [1.82, 2.24) is 5.32 Å². The van der Waals surface area contributed by atoms with Crippen LogP contribution in [0.1, 0.15) is 50.2 Å². The van der Waals surface area contributed by atoms with E-state index in [2.05, 4.69) is 5.32 Å². The van der Waals surface area contributed by atoms with Crippen molar-refractivity contribution in [3.05, 3.63) is 35.9 Å². The Bertz CT molecular complexity index is 345. The molecule has 1 atom stereocenters. The summed E-state index contributed by atoms with van der Waals surface area (Å²) in [6.07, 6.45) is 5.63. The van der Waals surface area contributed by atoms with Gasteiger partial charge in [0.15, 0.2) is 0 Å². The SMILES string of the molecule is OC1CCCC(NCC(O)c2ccccc2)CCC1. The van der Waals surface area contributed by atoms with Crippen molar-refractivity contribution in [3.63, 3.8) is 0 Å². The Morgan fingerprint density at radius 2 is 1.68 bits per heavy atom. The number of hydrogen-bond acceptors (Lipinski definition) is 3. The van der Waals surface area contributed by atoms with Crippen LogP contribution in [0, 0.1) is 0 Å². The second-order valence-corrected chi connectivity index (χ2v) is 5.55. The van der Waals surface area contributed by atoms with Gasteiger partial charge in [-0.3, -0.25) is 0 Å². The smallest absolute Gasteiger partial charge is 0.0914 e. The Kier molecular flexibility index (Phi) is 5.83. The first-order valence-corrected chi connectivity index (χ1v) is 7.40. The van der Waals surface area contributed by atoms with Gasteiger partial charge in [0.1, 0.15) is 0 Å². The van der Waals surface area contributed by atoms with Crippen LogP contribution in [0.15, 0.2) is 30.3 Å². The molecule has 0 bridgehead atoms. The predicted molar refractivity (Wildman–Crippen MR) is 76.9 cm³/mol. The Morgan fingerprint density at radius 3 is 2.32 bits per heavy atom. The van der Waals surface area contributed by atoms with Gasteiger partial charge in [-0.15, -0.1) is 0 Å². The van der Waals surface area contributed by atoms with Gasteiger partial charge in [0.25, 0.3) is 0 Å². The summed E-state index contributed by atoms with van der Waals surface area (Å²) in [6.45, 7) is 0.608. The molecule has 0 saturated heterocycles. The average Bonchev–Trinajstić information content (AvgIpc) is 2.42. The lowest BCUT2D eigenvalue weighted by molar-refractivity contribution is 0.131. The van der Waals surface area contributed by atoms with Crippen molar-refractivity contribution in [1.29, 1.82) is 0 Å². The molecule has 0 aromatic heterocycles. The maximum atomic E-state index is 10.1. The summed E-state index contributed by atoms with van der Waals surface area (Å²) >= 11 is 0. The molecule has 1 unspecified atom stereocenters. The van der Waals surface area contributed by atoms with Crippen LogP contribution in [0.3, 0.4) is 0 Å². The van der Waals surface area contributed by atoms with Crippen molar-refractivity contribution < 1.29 is 10.2 Å². The van der Waals surface area contributed by atoms with Crippen molar-refractivity contribution in [3.8, 4) is 0 Å². The van der Waals surface area contributed by atoms with Crippen LogP contribution in [0.5, 0.6) is 0 Å². The minimum absolute atomic E-state index is 0.101. The highest BCUT2D eigenvalue weighted by atomic mass is 16.3. The highest BCUT2D eigenvalue weighted by Gasteiger charge is 2.16. The van der Waals surface area contributed by atoms with Crippen LogP contribution in [-0.2, 0) is 0 Å². The highest BCUT2D eigenvalue weighted by molar-refractivity contribution is 5.17. The molecule has 1 aromatic carbocycles. The van der Waals surface area contributed by atoms with Crippen molar-refractivity contribution in [2.24, 2.45) is 0 Å². The summed E-state index contributed by atoms with van der Waals surface area (Å²) in [5.41, 5.74) is 0.969. The zero-order valence-corrected chi connectivity index (χ0v) is 11.5. The van der Waals surface area contributed by atoms with Crippen LogP contribution in [-0.4, -0.2) is 28.9 Å². The van der Waals surface area contributed by atoms with Gasteiger partial charge in [-0.25, -0.2) is 0 Å². The standard InChI is InChI=1S/C16H25NO2/c18-15-10-4-8-14(9-5-11-15)17-12-16(19)13-6-2-1-3-7-13/h1-3,6-7,14-19H,4-5,8-12H2. The third kappa shape index (κ3) is 4.94. The van der Waals surface area contributed by atoms with Crippen molar-refractivity contribution in [2.75, 3.05) is 6.54 Å². The second-order valence-electron chi connectivity index (χ2n) is 5.55. The molecule has 3 N–H and O–H groups in total.